The molecule has 8 heteroatoms. The molecule has 0 aliphatic heterocycles. The van der Waals surface area contributed by atoms with Gasteiger partial charge in [0.05, 0.1) is 12.8 Å². The van der Waals surface area contributed by atoms with Crippen molar-refractivity contribution < 1.29 is 28.8 Å². The summed E-state index contributed by atoms with van der Waals surface area (Å²) < 4.78 is 9.87. The first-order chi connectivity index (χ1) is 12.5. The lowest BCUT2D eigenvalue weighted by Gasteiger charge is -1.88. The van der Waals surface area contributed by atoms with Crippen LogP contribution in [0.15, 0.2) is 57.6 Å². The summed E-state index contributed by atoms with van der Waals surface area (Å²) in [5.41, 5.74) is 2.20. The number of aliphatic carboxylic acids is 2. The summed E-state index contributed by atoms with van der Waals surface area (Å²) in [6, 6.07) is 14.4. The Morgan fingerprint density at radius 1 is 0.731 bits per heavy atom. The Labute approximate surface area is 146 Å². The number of carboxylic acid groups (broad SMARTS) is 2. The van der Waals surface area contributed by atoms with Gasteiger partial charge < -0.3 is 19.3 Å². The maximum absolute atomic E-state index is 10.4. The van der Waals surface area contributed by atoms with Crippen LogP contribution in [0.3, 0.4) is 0 Å². The smallest absolute Gasteiger partial charge is 0.309 e. The van der Waals surface area contributed by atoms with Crippen molar-refractivity contribution in [3.05, 3.63) is 59.9 Å². The zero-order valence-corrected chi connectivity index (χ0v) is 13.5. The van der Waals surface area contributed by atoms with Crippen molar-refractivity contribution in [3.8, 4) is 0 Å². The summed E-state index contributed by atoms with van der Waals surface area (Å²) in [4.78, 5) is 20.9. The monoisotopic (exact) mass is 354 g/mol. The summed E-state index contributed by atoms with van der Waals surface area (Å²) in [6.07, 6.45) is -0.200. The molecular formula is C18H14N2O6. The van der Waals surface area contributed by atoms with Gasteiger partial charge in [0, 0.05) is 10.8 Å². The van der Waals surface area contributed by atoms with Gasteiger partial charge in [0.15, 0.2) is 11.2 Å². The minimum Gasteiger partial charge on any atom is -0.481 e. The van der Waals surface area contributed by atoms with E-state index < -0.39 is 11.9 Å². The minimum atomic E-state index is -0.904. The lowest BCUT2D eigenvalue weighted by Crippen LogP contribution is -2.00. The largest absolute Gasteiger partial charge is 0.481 e. The van der Waals surface area contributed by atoms with Crippen LogP contribution >= 0.6 is 0 Å². The fourth-order valence-corrected chi connectivity index (χ4v) is 2.42. The molecule has 0 radical (unpaired) electrons. The first-order valence-corrected chi connectivity index (χ1v) is 7.64. The molecule has 132 valence electrons. The molecule has 0 saturated carbocycles. The van der Waals surface area contributed by atoms with E-state index in [0.717, 1.165) is 10.8 Å². The number of carbonyl (C=O) groups is 2. The SMILES string of the molecule is O=C(O)Cc1noc2ccccc12.O=C(O)Cc1noc2ccccc12. The molecule has 2 N–H and O–H groups in total. The van der Waals surface area contributed by atoms with E-state index in [2.05, 4.69) is 10.3 Å². The lowest BCUT2D eigenvalue weighted by atomic mass is 10.2. The number of rotatable bonds is 4. The second-order valence-electron chi connectivity index (χ2n) is 5.39. The highest BCUT2D eigenvalue weighted by Crippen LogP contribution is 2.18. The Kier molecular flexibility index (Phi) is 4.93. The fraction of sp³-hybridized carbons (Fsp3) is 0.111. The van der Waals surface area contributed by atoms with E-state index in [1.54, 1.807) is 24.3 Å². The van der Waals surface area contributed by atoms with Crippen molar-refractivity contribution in [2.45, 2.75) is 12.8 Å². The van der Waals surface area contributed by atoms with Gasteiger partial charge in [-0.1, -0.05) is 34.6 Å². The predicted molar refractivity (Wildman–Crippen MR) is 90.7 cm³/mol. The highest BCUT2D eigenvalue weighted by Gasteiger charge is 2.10. The number of benzene rings is 2. The van der Waals surface area contributed by atoms with Gasteiger partial charge in [0.1, 0.15) is 11.4 Å². The van der Waals surface area contributed by atoms with Crippen LogP contribution in [0.25, 0.3) is 21.9 Å². The van der Waals surface area contributed by atoms with Gasteiger partial charge in [-0.15, -0.1) is 0 Å². The standard InChI is InChI=1S/2C9H7NO3/c2*11-9(12)5-7-6-3-1-2-4-8(6)13-10-7/h2*1-4H,5H2,(H,11,12). The molecule has 2 aromatic carbocycles. The normalized spacial score (nSPS) is 10.5. The number of carboxylic acids is 2. The summed E-state index contributed by atoms with van der Waals surface area (Å²) in [5.74, 6) is -1.81. The molecule has 0 unspecified atom stereocenters. The molecule has 4 aromatic rings. The second-order valence-corrected chi connectivity index (χ2v) is 5.39. The Morgan fingerprint density at radius 2 is 1.12 bits per heavy atom. The third-order valence-electron chi connectivity index (χ3n) is 3.54. The van der Waals surface area contributed by atoms with Crippen molar-refractivity contribution in [1.82, 2.24) is 10.3 Å². The number of fused-ring (bicyclic) bond motifs is 2. The average Bonchev–Trinajstić information content (AvgIpc) is 3.20. The quantitative estimate of drug-likeness (QED) is 0.573. The predicted octanol–water partition coefficient (Wildman–Crippen LogP) is 2.91. The van der Waals surface area contributed by atoms with Crippen LogP contribution in [-0.4, -0.2) is 32.5 Å². The van der Waals surface area contributed by atoms with Crippen molar-refractivity contribution in [3.63, 3.8) is 0 Å². The van der Waals surface area contributed by atoms with E-state index in [-0.39, 0.29) is 12.8 Å². The second kappa shape index (κ2) is 7.47. The van der Waals surface area contributed by atoms with Crippen LogP contribution < -0.4 is 0 Å². The zero-order valence-electron chi connectivity index (χ0n) is 13.5. The Morgan fingerprint density at radius 3 is 1.50 bits per heavy atom. The third-order valence-corrected chi connectivity index (χ3v) is 3.54. The van der Waals surface area contributed by atoms with Crippen LogP contribution in [-0.2, 0) is 22.4 Å². The maximum Gasteiger partial charge on any atom is 0.309 e. The lowest BCUT2D eigenvalue weighted by molar-refractivity contribution is -0.137. The molecule has 0 aliphatic rings. The highest BCUT2D eigenvalue weighted by molar-refractivity contribution is 5.84. The van der Waals surface area contributed by atoms with Crippen molar-refractivity contribution in [2.24, 2.45) is 0 Å². The van der Waals surface area contributed by atoms with Gasteiger partial charge in [0.2, 0.25) is 0 Å². The molecule has 4 rings (SSSR count). The summed E-state index contributed by atoms with van der Waals surface area (Å²) in [7, 11) is 0. The molecule has 2 heterocycles. The first kappa shape index (κ1) is 17.2. The molecule has 26 heavy (non-hydrogen) atoms. The zero-order chi connectivity index (χ0) is 18.5. The number of hydrogen-bond acceptors (Lipinski definition) is 6. The fourth-order valence-electron chi connectivity index (χ4n) is 2.42. The van der Waals surface area contributed by atoms with Gasteiger partial charge in [0.25, 0.3) is 0 Å². The molecule has 0 fully saturated rings. The third kappa shape index (κ3) is 3.86. The minimum absolute atomic E-state index is 0.100. The molecule has 2 aromatic heterocycles. The van der Waals surface area contributed by atoms with Gasteiger partial charge >= 0.3 is 11.9 Å². The van der Waals surface area contributed by atoms with Crippen molar-refractivity contribution in [2.75, 3.05) is 0 Å². The molecular weight excluding hydrogens is 340 g/mol. The van der Waals surface area contributed by atoms with E-state index in [0.29, 0.717) is 22.6 Å². The summed E-state index contributed by atoms with van der Waals surface area (Å²) in [6.45, 7) is 0. The first-order valence-electron chi connectivity index (χ1n) is 7.64. The van der Waals surface area contributed by atoms with E-state index in [4.69, 9.17) is 19.3 Å². The molecule has 8 nitrogen and oxygen atoms in total. The average molecular weight is 354 g/mol. The number of hydrogen-bond donors (Lipinski definition) is 2. The Hall–Kier alpha value is -3.68. The van der Waals surface area contributed by atoms with Crippen molar-refractivity contribution >= 4 is 33.9 Å². The van der Waals surface area contributed by atoms with Crippen LogP contribution in [0, 0.1) is 0 Å². The molecule has 0 bridgehead atoms. The number of nitrogens with zero attached hydrogens (tertiary/aromatic N) is 2. The van der Waals surface area contributed by atoms with E-state index in [1.807, 2.05) is 24.3 Å². The van der Waals surface area contributed by atoms with Crippen LogP contribution in [0.1, 0.15) is 11.4 Å². The molecule has 0 saturated heterocycles. The van der Waals surface area contributed by atoms with Gasteiger partial charge in [-0.05, 0) is 24.3 Å². The summed E-state index contributed by atoms with van der Waals surface area (Å²) in [5, 5.41) is 26.0. The van der Waals surface area contributed by atoms with E-state index in [9.17, 15) is 9.59 Å². The number of aromatic nitrogens is 2. The van der Waals surface area contributed by atoms with Crippen LogP contribution in [0.2, 0.25) is 0 Å². The van der Waals surface area contributed by atoms with E-state index in [1.165, 1.54) is 0 Å². The maximum atomic E-state index is 10.4. The molecule has 0 aliphatic carbocycles. The Bertz CT molecular complexity index is 980. The molecule has 0 spiro atoms. The van der Waals surface area contributed by atoms with Gasteiger partial charge in [-0.3, -0.25) is 9.59 Å². The highest BCUT2D eigenvalue weighted by atomic mass is 16.5. The summed E-state index contributed by atoms with van der Waals surface area (Å²) >= 11 is 0. The topological polar surface area (TPSA) is 127 Å². The molecule has 0 atom stereocenters. The van der Waals surface area contributed by atoms with Crippen LogP contribution in [0.5, 0.6) is 0 Å². The van der Waals surface area contributed by atoms with E-state index >= 15 is 0 Å². The van der Waals surface area contributed by atoms with Crippen molar-refractivity contribution in [1.29, 1.82) is 0 Å². The van der Waals surface area contributed by atoms with Crippen LogP contribution in [0.4, 0.5) is 0 Å². The molecule has 0 amide bonds. The van der Waals surface area contributed by atoms with Gasteiger partial charge in [-0.25, -0.2) is 0 Å². The Balaban J connectivity index is 0.000000151. The van der Waals surface area contributed by atoms with Gasteiger partial charge in [-0.2, -0.15) is 0 Å². The number of para-hydroxylation sites is 2.